The van der Waals surface area contributed by atoms with Gasteiger partial charge < -0.3 is 15.5 Å². The Labute approximate surface area is 193 Å². The molecule has 5 rings (SSSR count). The van der Waals surface area contributed by atoms with Gasteiger partial charge in [-0.25, -0.2) is 9.97 Å². The molecule has 8 nitrogen and oxygen atoms in total. The first-order valence-electron chi connectivity index (χ1n) is 11.4. The summed E-state index contributed by atoms with van der Waals surface area (Å²) in [4.78, 5) is 40.7. The Morgan fingerprint density at radius 2 is 1.76 bits per heavy atom. The molecule has 2 aliphatic rings. The van der Waals surface area contributed by atoms with E-state index in [1.54, 1.807) is 4.90 Å². The summed E-state index contributed by atoms with van der Waals surface area (Å²) in [5.41, 5.74) is 8.96. The van der Waals surface area contributed by atoms with E-state index in [0.717, 1.165) is 35.2 Å². The van der Waals surface area contributed by atoms with E-state index in [4.69, 9.17) is 5.73 Å². The molecule has 3 heterocycles. The van der Waals surface area contributed by atoms with Gasteiger partial charge >= 0.3 is 0 Å². The van der Waals surface area contributed by atoms with Crippen LogP contribution in [0.2, 0.25) is 0 Å². The van der Waals surface area contributed by atoms with Crippen LogP contribution in [0.3, 0.4) is 0 Å². The minimum atomic E-state index is -0.283. The van der Waals surface area contributed by atoms with Crippen molar-refractivity contribution in [3.05, 3.63) is 59.9 Å². The van der Waals surface area contributed by atoms with Crippen molar-refractivity contribution >= 4 is 34.2 Å². The van der Waals surface area contributed by atoms with Crippen LogP contribution in [0.1, 0.15) is 17.8 Å². The molecule has 2 amide bonds. The molecule has 2 aliphatic heterocycles. The van der Waals surface area contributed by atoms with Gasteiger partial charge in [-0.2, -0.15) is 0 Å². The third-order valence-corrected chi connectivity index (χ3v) is 6.55. The average molecular weight is 445 g/mol. The number of amides is 2. The monoisotopic (exact) mass is 444 g/mol. The highest BCUT2D eigenvalue weighted by Crippen LogP contribution is 2.27. The Kier molecular flexibility index (Phi) is 5.68. The largest absolute Gasteiger partial charge is 0.383 e. The zero-order valence-electron chi connectivity index (χ0n) is 18.8. The lowest BCUT2D eigenvalue weighted by Gasteiger charge is -2.35. The maximum absolute atomic E-state index is 13.1. The fourth-order valence-electron chi connectivity index (χ4n) is 4.65. The van der Waals surface area contributed by atoms with Crippen molar-refractivity contribution in [3.8, 4) is 0 Å². The first-order chi connectivity index (χ1) is 16.0. The van der Waals surface area contributed by atoms with Crippen molar-refractivity contribution in [1.29, 1.82) is 0 Å². The van der Waals surface area contributed by atoms with E-state index in [9.17, 15) is 9.59 Å². The maximum Gasteiger partial charge on any atom is 0.228 e. The summed E-state index contributed by atoms with van der Waals surface area (Å²) in [6.07, 6.45) is 0.275. The minimum Gasteiger partial charge on any atom is -0.383 e. The molecule has 0 spiro atoms. The summed E-state index contributed by atoms with van der Waals surface area (Å²) in [6.45, 7) is 5.82. The Balaban J connectivity index is 1.18. The maximum atomic E-state index is 13.1. The quantitative estimate of drug-likeness (QED) is 0.663. The van der Waals surface area contributed by atoms with Crippen molar-refractivity contribution in [3.63, 3.8) is 0 Å². The summed E-state index contributed by atoms with van der Waals surface area (Å²) in [5, 5.41) is 0.863. The molecule has 1 atom stereocenters. The average Bonchev–Trinajstić information content (AvgIpc) is 3.21. The summed E-state index contributed by atoms with van der Waals surface area (Å²) in [6, 6.07) is 15.6. The zero-order chi connectivity index (χ0) is 22.9. The number of carbonyl (C=O) groups excluding carboxylic acids is 2. The second-order valence-electron chi connectivity index (χ2n) is 8.88. The van der Waals surface area contributed by atoms with Gasteiger partial charge in [-0.3, -0.25) is 14.5 Å². The molecule has 0 radical (unpaired) electrons. The van der Waals surface area contributed by atoms with Gasteiger partial charge in [0.05, 0.1) is 18.0 Å². The van der Waals surface area contributed by atoms with Gasteiger partial charge in [-0.15, -0.1) is 0 Å². The smallest absolute Gasteiger partial charge is 0.228 e. The topological polar surface area (TPSA) is 95.7 Å². The number of nitrogens with two attached hydrogens (primary N) is 1. The number of hydrogen-bond acceptors (Lipinski definition) is 6. The van der Waals surface area contributed by atoms with Crippen LogP contribution in [0.5, 0.6) is 0 Å². The van der Waals surface area contributed by atoms with Gasteiger partial charge in [0.2, 0.25) is 11.8 Å². The first kappa shape index (κ1) is 21.3. The van der Waals surface area contributed by atoms with Gasteiger partial charge in [0.15, 0.2) is 0 Å². The molecule has 2 N–H and O–H groups in total. The predicted molar refractivity (Wildman–Crippen MR) is 127 cm³/mol. The number of fused-ring (bicyclic) bond motifs is 1. The Bertz CT molecular complexity index is 1190. The molecule has 2 saturated heterocycles. The van der Waals surface area contributed by atoms with Gasteiger partial charge in [0.1, 0.15) is 11.6 Å². The lowest BCUT2D eigenvalue weighted by Crippen LogP contribution is -2.50. The molecule has 1 unspecified atom stereocenters. The third kappa shape index (κ3) is 4.39. The lowest BCUT2D eigenvalue weighted by molar-refractivity contribution is -0.137. The first-order valence-corrected chi connectivity index (χ1v) is 11.4. The van der Waals surface area contributed by atoms with Gasteiger partial charge in [-0.1, -0.05) is 29.8 Å². The standard InChI is InChI=1S/C25H28N6O2/c1-17-6-8-19(9-7-17)31-15-18(14-23(31)32)25(33)30-12-10-29(11-13-30)16-22-27-21-5-3-2-4-20(21)24(26)28-22/h2-9,18H,10-16H2,1H3,(H2,26,27,28). The second-order valence-corrected chi connectivity index (χ2v) is 8.88. The molecule has 1 aromatic heterocycles. The summed E-state index contributed by atoms with van der Waals surface area (Å²) < 4.78 is 0. The van der Waals surface area contributed by atoms with Crippen LogP contribution < -0.4 is 10.6 Å². The van der Waals surface area contributed by atoms with Crippen molar-refractivity contribution in [1.82, 2.24) is 19.8 Å². The fourth-order valence-corrected chi connectivity index (χ4v) is 4.65. The number of hydrogen-bond donors (Lipinski definition) is 1. The van der Waals surface area contributed by atoms with Crippen molar-refractivity contribution in [2.75, 3.05) is 43.4 Å². The molecular formula is C25H28N6O2. The van der Waals surface area contributed by atoms with Crippen LogP contribution in [0, 0.1) is 12.8 Å². The molecule has 0 bridgehead atoms. The predicted octanol–water partition coefficient (Wildman–Crippen LogP) is 2.22. The van der Waals surface area contributed by atoms with E-state index >= 15 is 0 Å². The van der Waals surface area contributed by atoms with E-state index in [1.165, 1.54) is 0 Å². The molecule has 33 heavy (non-hydrogen) atoms. The minimum absolute atomic E-state index is 0.0156. The normalized spacial score (nSPS) is 19.4. The fraction of sp³-hybridized carbons (Fsp3) is 0.360. The number of para-hydroxylation sites is 1. The van der Waals surface area contributed by atoms with E-state index in [-0.39, 0.29) is 24.2 Å². The van der Waals surface area contributed by atoms with Crippen molar-refractivity contribution < 1.29 is 9.59 Å². The molecule has 8 heteroatoms. The number of anilines is 2. The number of aryl methyl sites for hydroxylation is 1. The highest BCUT2D eigenvalue weighted by Gasteiger charge is 2.38. The van der Waals surface area contributed by atoms with Gasteiger partial charge in [0.25, 0.3) is 0 Å². The highest BCUT2D eigenvalue weighted by atomic mass is 16.2. The molecule has 170 valence electrons. The van der Waals surface area contributed by atoms with Crippen LogP contribution >= 0.6 is 0 Å². The van der Waals surface area contributed by atoms with E-state index in [1.807, 2.05) is 60.4 Å². The number of carbonyl (C=O) groups is 2. The van der Waals surface area contributed by atoms with Crippen molar-refractivity contribution in [2.24, 2.45) is 5.92 Å². The lowest BCUT2D eigenvalue weighted by atomic mass is 10.1. The number of benzene rings is 2. The molecule has 2 aromatic carbocycles. The van der Waals surface area contributed by atoms with Gasteiger partial charge in [0, 0.05) is 50.2 Å². The summed E-state index contributed by atoms with van der Waals surface area (Å²) in [7, 11) is 0. The number of piperazine rings is 1. The van der Waals surface area contributed by atoms with Crippen molar-refractivity contribution in [2.45, 2.75) is 19.9 Å². The zero-order valence-corrected chi connectivity index (χ0v) is 18.8. The van der Waals surface area contributed by atoms with E-state index in [0.29, 0.717) is 37.8 Å². The third-order valence-electron chi connectivity index (χ3n) is 6.55. The molecule has 2 fully saturated rings. The Hall–Kier alpha value is -3.52. The van der Waals surface area contributed by atoms with Crippen LogP contribution in [-0.4, -0.2) is 64.3 Å². The van der Waals surface area contributed by atoms with E-state index < -0.39 is 0 Å². The molecule has 3 aromatic rings. The number of nitrogen functional groups attached to an aromatic ring is 1. The van der Waals surface area contributed by atoms with Crippen LogP contribution in [-0.2, 0) is 16.1 Å². The number of nitrogens with zero attached hydrogens (tertiary/aromatic N) is 5. The van der Waals surface area contributed by atoms with Crippen LogP contribution in [0.4, 0.5) is 11.5 Å². The summed E-state index contributed by atoms with van der Waals surface area (Å²) >= 11 is 0. The number of aromatic nitrogens is 2. The second kappa shape index (κ2) is 8.78. The van der Waals surface area contributed by atoms with Gasteiger partial charge in [-0.05, 0) is 31.2 Å². The summed E-state index contributed by atoms with van der Waals surface area (Å²) in [5.74, 6) is 0.995. The molecule has 0 aliphatic carbocycles. The Morgan fingerprint density at radius 3 is 2.52 bits per heavy atom. The van der Waals surface area contributed by atoms with Crippen LogP contribution in [0.15, 0.2) is 48.5 Å². The SMILES string of the molecule is Cc1ccc(N2CC(C(=O)N3CCN(Cc4nc(N)c5ccccc5n4)CC3)CC2=O)cc1. The van der Waals surface area contributed by atoms with Crippen LogP contribution in [0.25, 0.3) is 10.9 Å². The highest BCUT2D eigenvalue weighted by molar-refractivity contribution is 6.00. The number of rotatable bonds is 4. The van der Waals surface area contributed by atoms with E-state index in [2.05, 4.69) is 14.9 Å². The Morgan fingerprint density at radius 1 is 1.03 bits per heavy atom. The molecule has 0 saturated carbocycles. The molecular weight excluding hydrogens is 416 g/mol.